The number of unbranched alkanes of at least 4 members (excludes halogenated alkanes) is 2. The lowest BCUT2D eigenvalue weighted by Gasteiger charge is -2.13. The van der Waals surface area contributed by atoms with Gasteiger partial charge in [0, 0.05) is 25.6 Å². The van der Waals surface area contributed by atoms with E-state index in [1.54, 1.807) is 0 Å². The Bertz CT molecular complexity index is 290. The second-order valence-corrected chi connectivity index (χ2v) is 5.27. The highest BCUT2D eigenvalue weighted by Crippen LogP contribution is 2.18. The van der Waals surface area contributed by atoms with Crippen LogP contribution in [0, 0.1) is 0 Å². The SMILES string of the molecule is CCCCCNC(=O)C(C)NCCC(=O)NC1CC1. The largest absolute Gasteiger partial charge is 0.355 e. The van der Waals surface area contributed by atoms with Gasteiger partial charge in [-0.05, 0) is 26.2 Å². The molecule has 0 radical (unpaired) electrons. The quantitative estimate of drug-likeness (QED) is 0.517. The predicted molar refractivity (Wildman–Crippen MR) is 75.8 cm³/mol. The fraction of sp³-hybridized carbons (Fsp3) is 0.857. The van der Waals surface area contributed by atoms with Gasteiger partial charge in [0.2, 0.25) is 11.8 Å². The monoisotopic (exact) mass is 269 g/mol. The number of amides is 2. The topological polar surface area (TPSA) is 70.2 Å². The van der Waals surface area contributed by atoms with Crippen LogP contribution < -0.4 is 16.0 Å². The van der Waals surface area contributed by atoms with Crippen LogP contribution in [0.1, 0.15) is 52.4 Å². The van der Waals surface area contributed by atoms with Crippen molar-refractivity contribution in [1.29, 1.82) is 0 Å². The molecule has 2 amide bonds. The van der Waals surface area contributed by atoms with Crippen LogP contribution in [0.15, 0.2) is 0 Å². The molecule has 0 aromatic carbocycles. The molecule has 0 heterocycles. The standard InChI is InChI=1S/C14H27N3O2/c1-3-4-5-9-16-14(19)11(2)15-10-8-13(18)17-12-6-7-12/h11-12,15H,3-10H2,1-2H3,(H,16,19)(H,17,18). The normalized spacial score (nSPS) is 15.9. The summed E-state index contributed by atoms with van der Waals surface area (Å²) in [7, 11) is 0. The third-order valence-corrected chi connectivity index (χ3v) is 3.22. The van der Waals surface area contributed by atoms with E-state index in [0.29, 0.717) is 19.0 Å². The van der Waals surface area contributed by atoms with Crippen LogP contribution in [0.25, 0.3) is 0 Å². The molecule has 1 aliphatic rings. The maximum Gasteiger partial charge on any atom is 0.236 e. The van der Waals surface area contributed by atoms with E-state index >= 15 is 0 Å². The maximum absolute atomic E-state index is 11.7. The van der Waals surface area contributed by atoms with Crippen molar-refractivity contribution in [3.63, 3.8) is 0 Å². The number of hydrogen-bond acceptors (Lipinski definition) is 3. The minimum absolute atomic E-state index is 0.0127. The van der Waals surface area contributed by atoms with Crippen LogP contribution in [-0.4, -0.2) is 37.0 Å². The van der Waals surface area contributed by atoms with Crippen LogP contribution >= 0.6 is 0 Å². The Labute approximate surface area is 115 Å². The van der Waals surface area contributed by atoms with Crippen molar-refractivity contribution >= 4 is 11.8 Å². The highest BCUT2D eigenvalue weighted by atomic mass is 16.2. The number of nitrogens with one attached hydrogen (secondary N) is 3. The molecule has 1 unspecified atom stereocenters. The molecule has 1 aliphatic carbocycles. The van der Waals surface area contributed by atoms with Gasteiger partial charge >= 0.3 is 0 Å². The van der Waals surface area contributed by atoms with Crippen LogP contribution in [0.3, 0.4) is 0 Å². The Morgan fingerprint density at radius 3 is 2.58 bits per heavy atom. The average Bonchev–Trinajstić information content (AvgIpc) is 3.18. The third-order valence-electron chi connectivity index (χ3n) is 3.22. The summed E-state index contributed by atoms with van der Waals surface area (Å²) in [4.78, 5) is 23.1. The number of carbonyl (C=O) groups is 2. The highest BCUT2D eigenvalue weighted by molar-refractivity contribution is 5.81. The molecule has 1 saturated carbocycles. The molecule has 19 heavy (non-hydrogen) atoms. The minimum atomic E-state index is -0.240. The van der Waals surface area contributed by atoms with Crippen molar-refractivity contribution in [1.82, 2.24) is 16.0 Å². The van der Waals surface area contributed by atoms with Gasteiger partial charge in [0.25, 0.3) is 0 Å². The van der Waals surface area contributed by atoms with E-state index in [9.17, 15) is 9.59 Å². The van der Waals surface area contributed by atoms with Crippen LogP contribution in [-0.2, 0) is 9.59 Å². The highest BCUT2D eigenvalue weighted by Gasteiger charge is 2.22. The fourth-order valence-electron chi connectivity index (χ4n) is 1.76. The summed E-state index contributed by atoms with van der Waals surface area (Å²) in [6, 6.07) is 0.169. The van der Waals surface area contributed by atoms with Crippen LogP contribution in [0.4, 0.5) is 0 Å². The molecular formula is C14H27N3O2. The smallest absolute Gasteiger partial charge is 0.236 e. The second kappa shape index (κ2) is 8.91. The van der Waals surface area contributed by atoms with Crippen LogP contribution in [0.2, 0.25) is 0 Å². The van der Waals surface area contributed by atoms with Gasteiger partial charge in [0.15, 0.2) is 0 Å². The van der Waals surface area contributed by atoms with Gasteiger partial charge in [-0.15, -0.1) is 0 Å². The zero-order chi connectivity index (χ0) is 14.1. The minimum Gasteiger partial charge on any atom is -0.355 e. The zero-order valence-electron chi connectivity index (χ0n) is 12.1. The van der Waals surface area contributed by atoms with Gasteiger partial charge in [-0.3, -0.25) is 9.59 Å². The van der Waals surface area contributed by atoms with Crippen molar-refractivity contribution in [3.8, 4) is 0 Å². The molecule has 5 heteroatoms. The molecule has 0 aromatic heterocycles. The van der Waals surface area contributed by atoms with E-state index in [-0.39, 0.29) is 17.9 Å². The van der Waals surface area contributed by atoms with E-state index in [0.717, 1.165) is 38.6 Å². The molecular weight excluding hydrogens is 242 g/mol. The predicted octanol–water partition coefficient (Wildman–Crippen LogP) is 0.940. The fourth-order valence-corrected chi connectivity index (χ4v) is 1.76. The Kier molecular flexibility index (Phi) is 7.48. The van der Waals surface area contributed by atoms with Crippen molar-refractivity contribution in [2.75, 3.05) is 13.1 Å². The van der Waals surface area contributed by atoms with Crippen molar-refractivity contribution in [3.05, 3.63) is 0 Å². The molecule has 3 N–H and O–H groups in total. The van der Waals surface area contributed by atoms with E-state index in [4.69, 9.17) is 0 Å². The van der Waals surface area contributed by atoms with Gasteiger partial charge < -0.3 is 16.0 Å². The molecule has 0 aliphatic heterocycles. The van der Waals surface area contributed by atoms with Gasteiger partial charge in [0.05, 0.1) is 6.04 Å². The first-order chi connectivity index (χ1) is 9.13. The van der Waals surface area contributed by atoms with Gasteiger partial charge in [-0.2, -0.15) is 0 Å². The van der Waals surface area contributed by atoms with E-state index < -0.39 is 0 Å². The lowest BCUT2D eigenvalue weighted by molar-refractivity contribution is -0.124. The molecule has 1 atom stereocenters. The Balaban J connectivity index is 2.00. The first-order valence-electron chi connectivity index (χ1n) is 7.44. The summed E-state index contributed by atoms with van der Waals surface area (Å²) in [5, 5.41) is 8.90. The maximum atomic E-state index is 11.7. The first-order valence-corrected chi connectivity index (χ1v) is 7.44. The van der Waals surface area contributed by atoms with E-state index in [1.165, 1.54) is 0 Å². The van der Waals surface area contributed by atoms with Crippen molar-refractivity contribution in [2.45, 2.75) is 64.5 Å². The number of hydrogen-bond donors (Lipinski definition) is 3. The Morgan fingerprint density at radius 2 is 1.95 bits per heavy atom. The summed E-state index contributed by atoms with van der Waals surface area (Å²) < 4.78 is 0. The zero-order valence-corrected chi connectivity index (χ0v) is 12.1. The molecule has 0 bridgehead atoms. The van der Waals surface area contributed by atoms with Gasteiger partial charge in [0.1, 0.15) is 0 Å². The van der Waals surface area contributed by atoms with Gasteiger partial charge in [-0.1, -0.05) is 19.8 Å². The average molecular weight is 269 g/mol. The molecule has 0 saturated heterocycles. The summed E-state index contributed by atoms with van der Waals surface area (Å²) in [5.74, 6) is 0.0873. The molecule has 5 nitrogen and oxygen atoms in total. The first kappa shape index (κ1) is 16.0. The van der Waals surface area contributed by atoms with Crippen LogP contribution in [0.5, 0.6) is 0 Å². The lowest BCUT2D eigenvalue weighted by Crippen LogP contribution is -2.43. The summed E-state index contributed by atoms with van der Waals surface area (Å²) in [6.45, 7) is 5.25. The van der Waals surface area contributed by atoms with E-state index in [2.05, 4.69) is 22.9 Å². The summed E-state index contributed by atoms with van der Waals surface area (Å²) >= 11 is 0. The molecule has 110 valence electrons. The van der Waals surface area contributed by atoms with Crippen molar-refractivity contribution in [2.24, 2.45) is 0 Å². The Hall–Kier alpha value is -1.10. The number of carbonyl (C=O) groups excluding carboxylic acids is 2. The van der Waals surface area contributed by atoms with E-state index in [1.807, 2.05) is 6.92 Å². The van der Waals surface area contributed by atoms with Crippen molar-refractivity contribution < 1.29 is 9.59 Å². The molecule has 0 aromatic rings. The summed E-state index contributed by atoms with van der Waals surface area (Å²) in [5.41, 5.74) is 0. The lowest BCUT2D eigenvalue weighted by atomic mass is 10.2. The summed E-state index contributed by atoms with van der Waals surface area (Å²) in [6.07, 6.45) is 5.97. The third kappa shape index (κ3) is 7.82. The second-order valence-electron chi connectivity index (χ2n) is 5.27. The molecule has 0 spiro atoms. The Morgan fingerprint density at radius 1 is 1.21 bits per heavy atom. The molecule has 1 fully saturated rings. The van der Waals surface area contributed by atoms with Gasteiger partial charge in [-0.25, -0.2) is 0 Å². The molecule has 1 rings (SSSR count). The number of rotatable bonds is 10.